The SMILES string of the molecule is C/C(=N\Nc1cc(N2CCOCC2)c2ncn(C[C@@H]3COC(=O)N3C)c2n1)c1cccc(C)c1. The van der Waals surface area contributed by atoms with Gasteiger partial charge in [0.1, 0.15) is 12.1 Å². The van der Waals surface area contributed by atoms with E-state index < -0.39 is 0 Å². The topological polar surface area (TPSA) is 97.1 Å². The number of cyclic esters (lactones) is 1. The van der Waals surface area contributed by atoms with E-state index in [-0.39, 0.29) is 12.1 Å². The number of amides is 1. The van der Waals surface area contributed by atoms with E-state index >= 15 is 0 Å². The third-order valence-corrected chi connectivity index (χ3v) is 6.32. The Bertz CT molecular complexity index is 1230. The first-order valence-electron chi connectivity index (χ1n) is 11.4. The number of carbonyl (C=O) groups is 1. The van der Waals surface area contributed by atoms with Crippen molar-refractivity contribution in [2.75, 3.05) is 50.3 Å². The molecule has 3 aromatic rings. The number of nitrogens with one attached hydrogen (secondary N) is 1. The van der Waals surface area contributed by atoms with Gasteiger partial charge in [0.2, 0.25) is 0 Å². The fourth-order valence-corrected chi connectivity index (χ4v) is 4.26. The summed E-state index contributed by atoms with van der Waals surface area (Å²) in [5.74, 6) is 0.634. The summed E-state index contributed by atoms with van der Waals surface area (Å²) in [6, 6.07) is 10.2. The van der Waals surface area contributed by atoms with Crippen molar-refractivity contribution in [3.8, 4) is 0 Å². The Morgan fingerprint density at radius 2 is 2.09 bits per heavy atom. The van der Waals surface area contributed by atoms with E-state index in [1.165, 1.54) is 5.56 Å². The maximum Gasteiger partial charge on any atom is 0.410 e. The van der Waals surface area contributed by atoms with Crippen LogP contribution in [0.25, 0.3) is 11.2 Å². The predicted molar refractivity (Wildman–Crippen MR) is 130 cm³/mol. The fourth-order valence-electron chi connectivity index (χ4n) is 4.26. The zero-order valence-corrected chi connectivity index (χ0v) is 19.7. The quantitative estimate of drug-likeness (QED) is 0.443. The second-order valence-electron chi connectivity index (χ2n) is 8.72. The van der Waals surface area contributed by atoms with Gasteiger partial charge in [0.15, 0.2) is 11.5 Å². The van der Waals surface area contributed by atoms with Gasteiger partial charge in [-0.15, -0.1) is 0 Å². The maximum absolute atomic E-state index is 11.8. The molecule has 0 unspecified atom stereocenters. The number of imidazole rings is 1. The van der Waals surface area contributed by atoms with Crippen molar-refractivity contribution < 1.29 is 14.3 Å². The summed E-state index contributed by atoms with van der Waals surface area (Å²) in [6.45, 7) is 7.84. The van der Waals surface area contributed by atoms with Gasteiger partial charge in [-0.2, -0.15) is 5.10 Å². The third-order valence-electron chi connectivity index (χ3n) is 6.32. The van der Waals surface area contributed by atoms with Crippen molar-refractivity contribution >= 4 is 34.5 Å². The van der Waals surface area contributed by atoms with Crippen LogP contribution in [0.5, 0.6) is 0 Å². The first-order valence-corrected chi connectivity index (χ1v) is 11.4. The Morgan fingerprint density at radius 1 is 1.26 bits per heavy atom. The van der Waals surface area contributed by atoms with Crippen LogP contribution >= 0.6 is 0 Å². The lowest BCUT2D eigenvalue weighted by Crippen LogP contribution is -2.36. The Hall–Kier alpha value is -3.66. The first kappa shape index (κ1) is 22.1. The summed E-state index contributed by atoms with van der Waals surface area (Å²) < 4.78 is 12.7. The zero-order chi connectivity index (χ0) is 23.7. The van der Waals surface area contributed by atoms with Gasteiger partial charge in [0.05, 0.1) is 37.0 Å². The van der Waals surface area contributed by atoms with Crippen LogP contribution in [0.2, 0.25) is 0 Å². The van der Waals surface area contributed by atoms with Gasteiger partial charge in [-0.1, -0.05) is 29.8 Å². The van der Waals surface area contributed by atoms with Gasteiger partial charge in [0.25, 0.3) is 0 Å². The highest BCUT2D eigenvalue weighted by Gasteiger charge is 2.30. The molecular formula is C24H29N7O3. The van der Waals surface area contributed by atoms with E-state index in [1.807, 2.05) is 29.7 Å². The number of fused-ring (bicyclic) bond motifs is 1. The lowest BCUT2D eigenvalue weighted by molar-refractivity contribution is 0.123. The smallest absolute Gasteiger partial charge is 0.410 e. The average molecular weight is 464 g/mol. The Morgan fingerprint density at radius 3 is 2.82 bits per heavy atom. The second-order valence-corrected chi connectivity index (χ2v) is 8.72. The van der Waals surface area contributed by atoms with Crippen molar-refractivity contribution in [3.63, 3.8) is 0 Å². The number of pyridine rings is 1. The summed E-state index contributed by atoms with van der Waals surface area (Å²) >= 11 is 0. The molecule has 2 fully saturated rings. The van der Waals surface area contributed by atoms with Gasteiger partial charge >= 0.3 is 6.09 Å². The van der Waals surface area contributed by atoms with Crippen LogP contribution < -0.4 is 10.3 Å². The van der Waals surface area contributed by atoms with Crippen LogP contribution in [0.15, 0.2) is 41.8 Å². The van der Waals surface area contributed by atoms with Crippen LogP contribution in [-0.2, 0) is 16.0 Å². The zero-order valence-electron chi connectivity index (χ0n) is 19.7. The molecule has 178 valence electrons. The molecule has 34 heavy (non-hydrogen) atoms. The summed E-state index contributed by atoms with van der Waals surface area (Å²) in [4.78, 5) is 25.2. The molecule has 10 heteroatoms. The van der Waals surface area contributed by atoms with Gasteiger partial charge < -0.3 is 23.8 Å². The monoisotopic (exact) mass is 463 g/mol. The molecule has 0 radical (unpaired) electrons. The molecule has 1 amide bonds. The number of rotatable bonds is 6. The van der Waals surface area contributed by atoms with Crippen LogP contribution in [0.1, 0.15) is 18.1 Å². The maximum atomic E-state index is 11.8. The normalized spacial score (nSPS) is 19.1. The Labute approximate surface area is 198 Å². The molecule has 4 heterocycles. The number of nitrogens with zero attached hydrogens (tertiary/aromatic N) is 6. The lowest BCUT2D eigenvalue weighted by atomic mass is 10.1. The summed E-state index contributed by atoms with van der Waals surface area (Å²) in [7, 11) is 1.75. The van der Waals surface area contributed by atoms with Gasteiger partial charge in [0, 0.05) is 32.7 Å². The molecule has 1 aromatic carbocycles. The van der Waals surface area contributed by atoms with E-state index in [4.69, 9.17) is 14.5 Å². The number of carbonyl (C=O) groups excluding carboxylic acids is 1. The minimum Gasteiger partial charge on any atom is -0.447 e. The van der Waals surface area contributed by atoms with Crippen molar-refractivity contribution in [2.45, 2.75) is 26.4 Å². The molecule has 0 bridgehead atoms. The number of benzene rings is 1. The van der Waals surface area contributed by atoms with E-state index in [0.717, 1.165) is 41.2 Å². The molecule has 0 spiro atoms. The van der Waals surface area contributed by atoms with Gasteiger partial charge in [-0.3, -0.25) is 5.43 Å². The number of hydrogen-bond acceptors (Lipinski definition) is 8. The number of hydrogen-bond donors (Lipinski definition) is 1. The third kappa shape index (κ3) is 4.41. The number of hydrazone groups is 1. The first-order chi connectivity index (χ1) is 16.5. The highest BCUT2D eigenvalue weighted by atomic mass is 16.6. The number of aromatic nitrogens is 3. The van der Waals surface area contributed by atoms with Crippen LogP contribution in [0, 0.1) is 6.92 Å². The molecule has 2 saturated heterocycles. The molecular weight excluding hydrogens is 434 g/mol. The summed E-state index contributed by atoms with van der Waals surface area (Å²) in [5.41, 5.74) is 8.81. The fraction of sp³-hybridized carbons (Fsp3) is 0.417. The van der Waals surface area contributed by atoms with Crippen LogP contribution in [0.4, 0.5) is 16.3 Å². The second kappa shape index (κ2) is 9.30. The average Bonchev–Trinajstić information content (AvgIpc) is 3.41. The molecule has 1 atom stereocenters. The molecule has 1 N–H and O–H groups in total. The van der Waals surface area contributed by atoms with E-state index in [9.17, 15) is 4.79 Å². The lowest BCUT2D eigenvalue weighted by Gasteiger charge is -2.29. The number of ether oxygens (including phenoxy) is 2. The number of likely N-dealkylation sites (N-methyl/N-ethyl adjacent to an activating group) is 1. The molecule has 2 aliphatic rings. The van der Waals surface area contributed by atoms with Crippen molar-refractivity contribution in [1.29, 1.82) is 0 Å². The number of aryl methyl sites for hydroxylation is 1. The van der Waals surface area contributed by atoms with Crippen molar-refractivity contribution in [2.24, 2.45) is 5.10 Å². The molecule has 2 aliphatic heterocycles. The Balaban J connectivity index is 1.49. The number of morpholine rings is 1. The van der Waals surface area contributed by atoms with Crippen LogP contribution in [-0.4, -0.2) is 77.2 Å². The summed E-state index contributed by atoms with van der Waals surface area (Å²) in [6.07, 6.45) is 1.48. The largest absolute Gasteiger partial charge is 0.447 e. The molecule has 2 aromatic heterocycles. The summed E-state index contributed by atoms with van der Waals surface area (Å²) in [5, 5.41) is 4.60. The highest BCUT2D eigenvalue weighted by Crippen LogP contribution is 2.29. The van der Waals surface area contributed by atoms with Gasteiger partial charge in [-0.05, 0) is 19.4 Å². The van der Waals surface area contributed by atoms with E-state index in [2.05, 4.69) is 39.5 Å². The minimum atomic E-state index is -0.306. The molecule has 0 saturated carbocycles. The van der Waals surface area contributed by atoms with E-state index in [1.54, 1.807) is 18.3 Å². The van der Waals surface area contributed by atoms with E-state index in [0.29, 0.717) is 32.2 Å². The van der Waals surface area contributed by atoms with Crippen molar-refractivity contribution in [1.82, 2.24) is 19.4 Å². The Kier molecular flexibility index (Phi) is 6.06. The number of anilines is 2. The minimum absolute atomic E-state index is 0.0725. The molecule has 10 nitrogen and oxygen atoms in total. The molecule has 0 aliphatic carbocycles. The predicted octanol–water partition coefficient (Wildman–Crippen LogP) is 2.86. The highest BCUT2D eigenvalue weighted by molar-refractivity contribution is 5.99. The standard InChI is InChI=1S/C24H29N7O3/c1-16-5-4-6-18(11-16)17(2)27-28-21-12-20(30-7-9-33-10-8-30)22-23(26-21)31(15-25-22)13-19-14-34-24(32)29(19)3/h4-6,11-12,15,19H,7-10,13-14H2,1-3H3,(H,26,28)/b27-17+/t19-/m1/s1. The van der Waals surface area contributed by atoms with Crippen molar-refractivity contribution in [3.05, 3.63) is 47.8 Å². The molecule has 5 rings (SSSR count). The van der Waals surface area contributed by atoms with Crippen LogP contribution in [0.3, 0.4) is 0 Å². The van der Waals surface area contributed by atoms with Gasteiger partial charge in [-0.25, -0.2) is 14.8 Å².